The van der Waals surface area contributed by atoms with E-state index in [4.69, 9.17) is 0 Å². The van der Waals surface area contributed by atoms with Gasteiger partial charge in [-0.2, -0.15) is 0 Å². The van der Waals surface area contributed by atoms with Crippen LogP contribution in [0.3, 0.4) is 0 Å². The Labute approximate surface area is 110 Å². The molecule has 1 atom stereocenters. The van der Waals surface area contributed by atoms with Crippen molar-refractivity contribution in [3.05, 3.63) is 0 Å². The van der Waals surface area contributed by atoms with Crippen LogP contribution in [0.25, 0.3) is 0 Å². The normalized spacial score (nSPS) is 23.8. The Balaban J connectivity index is 1.89. The maximum absolute atomic E-state index is 4.57. The third-order valence-electron chi connectivity index (χ3n) is 4.31. The highest BCUT2D eigenvalue weighted by Crippen LogP contribution is 2.34. The quantitative estimate of drug-likeness (QED) is 0.782. The first-order valence-electron chi connectivity index (χ1n) is 6.95. The minimum Gasteiger partial charge on any atom is -0.372 e. The standard InChI is InChI=1S/C14H26N4/c1-13(2,11-9-15-10-18-11)5-6-14(3,4)12-16-7-8-17-12/h10-11H,5-9H2,1-4H3,(H,15,18)(H,16,17). The lowest BCUT2D eigenvalue weighted by Gasteiger charge is -2.35. The lowest BCUT2D eigenvalue weighted by Crippen LogP contribution is -2.42. The molecule has 0 spiro atoms. The molecule has 18 heavy (non-hydrogen) atoms. The summed E-state index contributed by atoms with van der Waals surface area (Å²) >= 11 is 0. The van der Waals surface area contributed by atoms with Crippen molar-refractivity contribution in [1.29, 1.82) is 0 Å². The van der Waals surface area contributed by atoms with Crippen LogP contribution in [0.4, 0.5) is 0 Å². The molecular weight excluding hydrogens is 224 g/mol. The number of amidine groups is 1. The van der Waals surface area contributed by atoms with Gasteiger partial charge < -0.3 is 10.6 Å². The summed E-state index contributed by atoms with van der Waals surface area (Å²) in [7, 11) is 0. The van der Waals surface area contributed by atoms with Crippen LogP contribution in [-0.2, 0) is 0 Å². The molecule has 0 radical (unpaired) electrons. The van der Waals surface area contributed by atoms with Crippen molar-refractivity contribution in [2.24, 2.45) is 20.8 Å². The zero-order valence-corrected chi connectivity index (χ0v) is 12.1. The highest BCUT2D eigenvalue weighted by atomic mass is 15.1. The van der Waals surface area contributed by atoms with Crippen LogP contribution >= 0.6 is 0 Å². The molecule has 2 aliphatic rings. The van der Waals surface area contributed by atoms with Crippen LogP contribution in [0.5, 0.6) is 0 Å². The molecule has 0 aromatic rings. The number of hydrogen-bond acceptors (Lipinski definition) is 4. The van der Waals surface area contributed by atoms with E-state index in [2.05, 4.69) is 48.3 Å². The van der Waals surface area contributed by atoms with Gasteiger partial charge in [0.15, 0.2) is 0 Å². The summed E-state index contributed by atoms with van der Waals surface area (Å²) in [6.45, 7) is 12.1. The summed E-state index contributed by atoms with van der Waals surface area (Å²) in [5.41, 5.74) is 0.431. The fraction of sp³-hybridized carbons (Fsp3) is 0.857. The third kappa shape index (κ3) is 2.85. The van der Waals surface area contributed by atoms with E-state index in [0.717, 1.165) is 26.1 Å². The number of rotatable bonds is 5. The van der Waals surface area contributed by atoms with E-state index >= 15 is 0 Å². The SMILES string of the molecule is CC(C)(CCC(C)(C)C1CN=CN1)C1=NCCN1. The third-order valence-corrected chi connectivity index (χ3v) is 4.31. The van der Waals surface area contributed by atoms with E-state index in [-0.39, 0.29) is 10.8 Å². The van der Waals surface area contributed by atoms with Crippen LogP contribution in [0.1, 0.15) is 40.5 Å². The Morgan fingerprint density at radius 1 is 1.28 bits per heavy atom. The average molecular weight is 250 g/mol. The zero-order chi connectivity index (χ0) is 13.2. The van der Waals surface area contributed by atoms with E-state index in [1.807, 2.05) is 6.34 Å². The van der Waals surface area contributed by atoms with Crippen LogP contribution in [0.15, 0.2) is 9.98 Å². The molecule has 1 unspecified atom stereocenters. The molecule has 0 aliphatic carbocycles. The first-order valence-corrected chi connectivity index (χ1v) is 6.95. The minimum absolute atomic E-state index is 0.160. The molecule has 2 N–H and O–H groups in total. The predicted octanol–water partition coefficient (Wildman–Crippen LogP) is 1.82. The van der Waals surface area contributed by atoms with Crippen molar-refractivity contribution in [3.8, 4) is 0 Å². The Kier molecular flexibility index (Phi) is 3.64. The fourth-order valence-electron chi connectivity index (χ4n) is 2.60. The van der Waals surface area contributed by atoms with Gasteiger partial charge in [0.2, 0.25) is 0 Å². The maximum atomic E-state index is 4.57. The molecular formula is C14H26N4. The molecule has 2 aliphatic heterocycles. The first-order chi connectivity index (χ1) is 8.42. The van der Waals surface area contributed by atoms with Crippen LogP contribution in [0, 0.1) is 10.8 Å². The van der Waals surface area contributed by atoms with Gasteiger partial charge in [-0.15, -0.1) is 0 Å². The predicted molar refractivity (Wildman–Crippen MR) is 77.4 cm³/mol. The van der Waals surface area contributed by atoms with Gasteiger partial charge in [-0.05, 0) is 18.3 Å². The smallest absolute Gasteiger partial charge is 0.102 e. The van der Waals surface area contributed by atoms with Gasteiger partial charge in [0.25, 0.3) is 0 Å². The van der Waals surface area contributed by atoms with Gasteiger partial charge in [0.05, 0.1) is 25.5 Å². The molecule has 2 rings (SSSR count). The monoisotopic (exact) mass is 250 g/mol. The van der Waals surface area contributed by atoms with E-state index in [0.29, 0.717) is 6.04 Å². The molecule has 0 aromatic heterocycles. The molecule has 0 fully saturated rings. The van der Waals surface area contributed by atoms with E-state index in [1.54, 1.807) is 0 Å². The van der Waals surface area contributed by atoms with Gasteiger partial charge in [-0.3, -0.25) is 9.98 Å². The molecule has 0 aromatic carbocycles. The fourth-order valence-corrected chi connectivity index (χ4v) is 2.60. The summed E-state index contributed by atoms with van der Waals surface area (Å²) in [5.74, 6) is 1.19. The molecule has 0 amide bonds. The second-order valence-corrected chi connectivity index (χ2v) is 6.74. The van der Waals surface area contributed by atoms with Crippen LogP contribution in [-0.4, -0.2) is 37.9 Å². The summed E-state index contributed by atoms with van der Waals surface area (Å²) in [5, 5.41) is 6.78. The minimum atomic E-state index is 0.160. The van der Waals surface area contributed by atoms with Crippen LogP contribution < -0.4 is 10.6 Å². The van der Waals surface area contributed by atoms with Crippen molar-refractivity contribution in [2.45, 2.75) is 46.6 Å². The average Bonchev–Trinajstić information content (AvgIpc) is 2.99. The summed E-state index contributed by atoms with van der Waals surface area (Å²) in [6, 6.07) is 0.478. The van der Waals surface area contributed by atoms with Gasteiger partial charge >= 0.3 is 0 Å². The Bertz CT molecular complexity index is 347. The molecule has 2 heterocycles. The van der Waals surface area contributed by atoms with Crippen LogP contribution in [0.2, 0.25) is 0 Å². The van der Waals surface area contributed by atoms with E-state index < -0.39 is 0 Å². The Hall–Kier alpha value is -1.06. The highest BCUT2D eigenvalue weighted by molar-refractivity contribution is 5.88. The molecule has 4 nitrogen and oxygen atoms in total. The Morgan fingerprint density at radius 3 is 2.61 bits per heavy atom. The lowest BCUT2D eigenvalue weighted by atomic mass is 9.74. The largest absolute Gasteiger partial charge is 0.372 e. The summed E-state index contributed by atoms with van der Waals surface area (Å²) in [4.78, 5) is 8.85. The van der Waals surface area contributed by atoms with E-state index in [9.17, 15) is 0 Å². The highest BCUT2D eigenvalue weighted by Gasteiger charge is 2.34. The van der Waals surface area contributed by atoms with E-state index in [1.165, 1.54) is 12.3 Å². The van der Waals surface area contributed by atoms with Crippen molar-refractivity contribution < 1.29 is 0 Å². The number of nitrogens with zero attached hydrogens (tertiary/aromatic N) is 2. The topological polar surface area (TPSA) is 48.8 Å². The van der Waals surface area contributed by atoms with Crippen molar-refractivity contribution in [1.82, 2.24) is 10.6 Å². The second kappa shape index (κ2) is 4.90. The van der Waals surface area contributed by atoms with Gasteiger partial charge in [0.1, 0.15) is 5.84 Å². The molecule has 4 heteroatoms. The number of hydrogen-bond donors (Lipinski definition) is 2. The molecule has 0 bridgehead atoms. The number of nitrogens with one attached hydrogen (secondary N) is 2. The number of aliphatic imine (C=N–C) groups is 2. The van der Waals surface area contributed by atoms with Gasteiger partial charge in [-0.1, -0.05) is 27.7 Å². The van der Waals surface area contributed by atoms with Crippen molar-refractivity contribution in [3.63, 3.8) is 0 Å². The maximum Gasteiger partial charge on any atom is 0.102 e. The first kappa shape index (κ1) is 13.4. The summed E-state index contributed by atoms with van der Waals surface area (Å²) < 4.78 is 0. The van der Waals surface area contributed by atoms with Gasteiger partial charge in [0, 0.05) is 12.0 Å². The Morgan fingerprint density at radius 2 is 2.06 bits per heavy atom. The molecule has 0 saturated heterocycles. The zero-order valence-electron chi connectivity index (χ0n) is 12.1. The molecule has 0 saturated carbocycles. The molecule has 102 valence electrons. The van der Waals surface area contributed by atoms with Gasteiger partial charge in [-0.25, -0.2) is 0 Å². The summed E-state index contributed by atoms with van der Waals surface area (Å²) in [6.07, 6.45) is 4.19. The second-order valence-electron chi connectivity index (χ2n) is 6.74. The van der Waals surface area contributed by atoms with Crippen molar-refractivity contribution >= 4 is 12.2 Å². The lowest BCUT2D eigenvalue weighted by molar-refractivity contribution is 0.227. The van der Waals surface area contributed by atoms with Crippen molar-refractivity contribution in [2.75, 3.05) is 19.6 Å².